The van der Waals surface area contributed by atoms with Crippen LogP contribution in [0.4, 0.5) is 0 Å². The number of halogens is 1. The zero-order valence-corrected chi connectivity index (χ0v) is 25.3. The second kappa shape index (κ2) is 12.2. The van der Waals surface area contributed by atoms with Crippen molar-refractivity contribution in [2.24, 2.45) is 4.99 Å². The van der Waals surface area contributed by atoms with E-state index < -0.39 is 18.0 Å². The maximum absolute atomic E-state index is 14.0. The van der Waals surface area contributed by atoms with Gasteiger partial charge in [0.25, 0.3) is 5.56 Å². The summed E-state index contributed by atoms with van der Waals surface area (Å²) in [5.74, 6) is 0.103. The Labute approximate surface area is 243 Å². The summed E-state index contributed by atoms with van der Waals surface area (Å²) in [5.41, 5.74) is 1.67. The van der Waals surface area contributed by atoms with Crippen LogP contribution in [0.25, 0.3) is 6.08 Å². The topological polar surface area (TPSA) is 105 Å². The van der Waals surface area contributed by atoms with Gasteiger partial charge in [0.2, 0.25) is 0 Å². The zero-order valence-electron chi connectivity index (χ0n) is 22.9. The van der Waals surface area contributed by atoms with E-state index in [1.54, 1.807) is 32.1 Å². The molecule has 0 saturated carbocycles. The number of ether oxygens (including phenoxy) is 4. The van der Waals surface area contributed by atoms with Crippen molar-refractivity contribution in [3.05, 3.63) is 83.0 Å². The van der Waals surface area contributed by atoms with Crippen LogP contribution in [0.1, 0.15) is 51.8 Å². The zero-order chi connectivity index (χ0) is 29.1. The molecule has 1 aliphatic rings. The Balaban J connectivity index is 1.96. The number of benzene rings is 2. The number of thiazole rings is 1. The highest BCUT2D eigenvalue weighted by molar-refractivity contribution is 9.10. The molecule has 0 amide bonds. The number of hydrogen-bond acceptors (Lipinski definition) is 9. The molecule has 4 rings (SSSR count). The van der Waals surface area contributed by atoms with Crippen molar-refractivity contribution in [2.45, 2.75) is 46.8 Å². The summed E-state index contributed by atoms with van der Waals surface area (Å²) in [6, 6.07) is 9.80. The number of fused-ring (bicyclic) bond motifs is 1. The Kier molecular flexibility index (Phi) is 8.95. The highest BCUT2D eigenvalue weighted by atomic mass is 79.9. The van der Waals surface area contributed by atoms with Crippen molar-refractivity contribution in [2.75, 3.05) is 13.7 Å². The predicted octanol–water partition coefficient (Wildman–Crippen LogP) is 4.28. The van der Waals surface area contributed by atoms with Gasteiger partial charge in [-0.15, -0.1) is 0 Å². The normalized spacial score (nSPS) is 15.0. The average Bonchev–Trinajstić information content (AvgIpc) is 3.18. The first-order valence-corrected chi connectivity index (χ1v) is 14.2. The van der Waals surface area contributed by atoms with Crippen molar-refractivity contribution in [1.29, 1.82) is 0 Å². The molecular formula is C29H29BrN2O7S. The van der Waals surface area contributed by atoms with Gasteiger partial charge in [-0.05, 0) is 57.5 Å². The number of rotatable bonds is 8. The van der Waals surface area contributed by atoms with Crippen LogP contribution in [-0.2, 0) is 14.3 Å². The van der Waals surface area contributed by atoms with Gasteiger partial charge >= 0.3 is 11.9 Å². The predicted molar refractivity (Wildman–Crippen MR) is 155 cm³/mol. The number of methoxy groups -OCH3 is 1. The van der Waals surface area contributed by atoms with E-state index >= 15 is 0 Å². The molecule has 1 aromatic heterocycles. The van der Waals surface area contributed by atoms with Crippen LogP contribution >= 0.6 is 27.3 Å². The number of carbonyl (C=O) groups is 2. The Morgan fingerprint density at radius 1 is 1.18 bits per heavy atom. The summed E-state index contributed by atoms with van der Waals surface area (Å²) in [7, 11) is 1.46. The Bertz CT molecular complexity index is 1690. The molecule has 1 atom stereocenters. The minimum Gasteiger partial charge on any atom is -0.493 e. The molecule has 0 aliphatic carbocycles. The van der Waals surface area contributed by atoms with Gasteiger partial charge in [0.05, 0.1) is 35.6 Å². The molecule has 9 nitrogen and oxygen atoms in total. The maximum atomic E-state index is 14.0. The molecule has 0 N–H and O–H groups in total. The number of hydrogen-bond donors (Lipinski definition) is 0. The Morgan fingerprint density at radius 2 is 1.90 bits per heavy atom. The minimum atomic E-state index is -0.809. The number of esters is 2. The molecule has 0 unspecified atom stereocenters. The van der Waals surface area contributed by atoms with E-state index in [0.29, 0.717) is 42.1 Å². The van der Waals surface area contributed by atoms with E-state index in [4.69, 9.17) is 18.9 Å². The summed E-state index contributed by atoms with van der Waals surface area (Å²) in [4.78, 5) is 43.8. The van der Waals surface area contributed by atoms with Gasteiger partial charge in [-0.1, -0.05) is 45.5 Å². The van der Waals surface area contributed by atoms with E-state index in [0.717, 1.165) is 0 Å². The summed E-state index contributed by atoms with van der Waals surface area (Å²) >= 11 is 4.70. The van der Waals surface area contributed by atoms with Crippen LogP contribution in [0.5, 0.6) is 17.2 Å². The van der Waals surface area contributed by atoms with Gasteiger partial charge in [-0.3, -0.25) is 14.2 Å². The number of aromatic nitrogens is 1. The lowest BCUT2D eigenvalue weighted by molar-refractivity contribution is -0.139. The summed E-state index contributed by atoms with van der Waals surface area (Å²) < 4.78 is 24.6. The minimum absolute atomic E-state index is 0.129. The third kappa shape index (κ3) is 5.90. The number of para-hydroxylation sites is 1. The highest BCUT2D eigenvalue weighted by Gasteiger charge is 2.35. The van der Waals surface area contributed by atoms with Gasteiger partial charge < -0.3 is 18.9 Å². The van der Waals surface area contributed by atoms with Gasteiger partial charge in [-0.2, -0.15) is 0 Å². The first-order chi connectivity index (χ1) is 19.0. The molecule has 3 aromatic rings. The maximum Gasteiger partial charge on any atom is 0.338 e. The lowest BCUT2D eigenvalue weighted by Crippen LogP contribution is -2.40. The molecule has 0 saturated heterocycles. The van der Waals surface area contributed by atoms with Gasteiger partial charge in [-0.25, -0.2) is 9.79 Å². The Morgan fingerprint density at radius 3 is 2.55 bits per heavy atom. The second-order valence-electron chi connectivity index (χ2n) is 9.12. The van der Waals surface area contributed by atoms with E-state index in [9.17, 15) is 14.4 Å². The number of allylic oxidation sites excluding steroid dienone is 1. The molecule has 0 radical (unpaired) electrons. The first-order valence-electron chi connectivity index (χ1n) is 12.6. The molecule has 40 heavy (non-hydrogen) atoms. The van der Waals surface area contributed by atoms with E-state index in [-0.39, 0.29) is 29.6 Å². The quantitative estimate of drug-likeness (QED) is 0.271. The van der Waals surface area contributed by atoms with Gasteiger partial charge in [0.1, 0.15) is 11.8 Å². The molecule has 2 aromatic carbocycles. The lowest BCUT2D eigenvalue weighted by Gasteiger charge is -2.26. The molecule has 2 heterocycles. The average molecular weight is 630 g/mol. The fourth-order valence-electron chi connectivity index (χ4n) is 4.35. The molecular weight excluding hydrogens is 600 g/mol. The van der Waals surface area contributed by atoms with Crippen LogP contribution in [0, 0.1) is 0 Å². The van der Waals surface area contributed by atoms with Crippen molar-refractivity contribution in [3.63, 3.8) is 0 Å². The van der Waals surface area contributed by atoms with E-state index in [1.807, 2.05) is 38.1 Å². The van der Waals surface area contributed by atoms with Crippen molar-refractivity contribution in [3.8, 4) is 17.2 Å². The summed E-state index contributed by atoms with van der Waals surface area (Å²) in [6.07, 6.45) is 1.57. The van der Waals surface area contributed by atoms with Crippen molar-refractivity contribution in [1.82, 2.24) is 4.57 Å². The van der Waals surface area contributed by atoms with Gasteiger partial charge in [0.15, 0.2) is 16.3 Å². The van der Waals surface area contributed by atoms with Gasteiger partial charge in [0, 0.05) is 17.0 Å². The first kappa shape index (κ1) is 29.3. The summed E-state index contributed by atoms with van der Waals surface area (Å²) in [6.45, 7) is 8.76. The molecule has 0 spiro atoms. The Hall–Kier alpha value is -3.70. The monoisotopic (exact) mass is 628 g/mol. The fraction of sp³-hybridized carbons (Fsp3) is 0.310. The molecule has 0 bridgehead atoms. The molecule has 210 valence electrons. The number of nitrogens with zero attached hydrogens (tertiary/aromatic N) is 2. The molecule has 11 heteroatoms. The highest BCUT2D eigenvalue weighted by Crippen LogP contribution is 2.37. The second-order valence-corrected chi connectivity index (χ2v) is 11.0. The molecule has 0 fully saturated rings. The van der Waals surface area contributed by atoms with Crippen LogP contribution in [0.3, 0.4) is 0 Å². The number of carbonyl (C=O) groups excluding carboxylic acids is 2. The SMILES string of the molecule is CCOC(=O)C1=C(C)N=c2s/c(=C/c3cc(OC)c(OC(C)=O)cc3Br)c(=O)n2[C@H]1c1ccccc1OC(C)C. The third-order valence-corrected chi connectivity index (χ3v) is 7.59. The fourth-order valence-corrected chi connectivity index (χ4v) is 5.82. The molecule has 1 aliphatic heterocycles. The standard InChI is InChI=1S/C29H29BrN2O7S/c1-7-37-28(35)25-16(4)31-29-32(26(25)19-10-8-9-11-21(19)38-15(2)3)27(34)24(40-29)13-18-12-22(36-6)23(14-20(18)30)39-17(5)33/h8-15,26H,7H2,1-6H3/b24-13+/t26-/m0/s1. The van der Waals surface area contributed by atoms with E-state index in [2.05, 4.69) is 20.9 Å². The summed E-state index contributed by atoms with van der Waals surface area (Å²) in [5, 5.41) is 0. The van der Waals surface area contributed by atoms with Crippen LogP contribution in [-0.4, -0.2) is 36.3 Å². The third-order valence-electron chi connectivity index (χ3n) is 5.92. The lowest BCUT2D eigenvalue weighted by atomic mass is 9.95. The van der Waals surface area contributed by atoms with Crippen molar-refractivity contribution < 1.29 is 28.5 Å². The van der Waals surface area contributed by atoms with Crippen LogP contribution < -0.4 is 29.1 Å². The van der Waals surface area contributed by atoms with Crippen LogP contribution in [0.15, 0.2) is 61.9 Å². The largest absolute Gasteiger partial charge is 0.493 e. The smallest absolute Gasteiger partial charge is 0.338 e. The van der Waals surface area contributed by atoms with E-state index in [1.165, 1.54) is 29.9 Å². The van der Waals surface area contributed by atoms with Crippen LogP contribution in [0.2, 0.25) is 0 Å². The van der Waals surface area contributed by atoms with Crippen molar-refractivity contribution >= 4 is 45.3 Å².